The Labute approximate surface area is 125 Å². The SMILES string of the molecule is O=c1c(I)c(Cl)ncn1Cc1ccccc1Br. The summed E-state index contributed by atoms with van der Waals surface area (Å²) in [4.78, 5) is 15.9. The van der Waals surface area contributed by atoms with Gasteiger partial charge in [-0.1, -0.05) is 45.7 Å². The van der Waals surface area contributed by atoms with Gasteiger partial charge in [-0.2, -0.15) is 0 Å². The van der Waals surface area contributed by atoms with E-state index in [9.17, 15) is 4.79 Å². The number of nitrogens with zero attached hydrogens (tertiary/aromatic N) is 2. The summed E-state index contributed by atoms with van der Waals surface area (Å²) in [6.45, 7) is 0.473. The fourth-order valence-electron chi connectivity index (χ4n) is 1.37. The molecule has 0 unspecified atom stereocenters. The van der Waals surface area contributed by atoms with Crippen molar-refractivity contribution in [2.75, 3.05) is 0 Å². The van der Waals surface area contributed by atoms with E-state index in [0.717, 1.165) is 10.0 Å². The van der Waals surface area contributed by atoms with E-state index in [0.29, 0.717) is 10.1 Å². The maximum absolute atomic E-state index is 11.9. The second-order valence-corrected chi connectivity index (χ2v) is 5.66. The fourth-order valence-corrected chi connectivity index (χ4v) is 2.35. The van der Waals surface area contributed by atoms with Crippen LogP contribution in [0.15, 0.2) is 39.9 Å². The second kappa shape index (κ2) is 5.49. The summed E-state index contributed by atoms with van der Waals surface area (Å²) >= 11 is 11.1. The van der Waals surface area contributed by atoms with E-state index in [1.54, 1.807) is 0 Å². The number of rotatable bonds is 2. The molecule has 0 spiro atoms. The highest BCUT2D eigenvalue weighted by molar-refractivity contribution is 14.1. The average Bonchev–Trinajstić information content (AvgIpc) is 2.32. The lowest BCUT2D eigenvalue weighted by Crippen LogP contribution is -2.23. The highest BCUT2D eigenvalue weighted by atomic mass is 127. The molecule has 17 heavy (non-hydrogen) atoms. The molecule has 6 heteroatoms. The molecular formula is C11H7BrClIN2O. The lowest BCUT2D eigenvalue weighted by molar-refractivity contribution is 0.728. The van der Waals surface area contributed by atoms with E-state index in [4.69, 9.17) is 11.6 Å². The molecular weight excluding hydrogens is 418 g/mol. The van der Waals surface area contributed by atoms with Crippen LogP contribution in [0.3, 0.4) is 0 Å². The fraction of sp³-hybridized carbons (Fsp3) is 0.0909. The van der Waals surface area contributed by atoms with Gasteiger partial charge in [0.05, 0.1) is 12.9 Å². The van der Waals surface area contributed by atoms with Crippen molar-refractivity contribution in [3.63, 3.8) is 0 Å². The third-order valence-electron chi connectivity index (χ3n) is 2.24. The Balaban J connectivity index is 2.41. The van der Waals surface area contributed by atoms with Gasteiger partial charge in [-0.3, -0.25) is 9.36 Å². The lowest BCUT2D eigenvalue weighted by atomic mass is 10.2. The van der Waals surface area contributed by atoms with Gasteiger partial charge in [-0.05, 0) is 34.2 Å². The van der Waals surface area contributed by atoms with Gasteiger partial charge >= 0.3 is 0 Å². The van der Waals surface area contributed by atoms with Crippen LogP contribution in [0.1, 0.15) is 5.56 Å². The van der Waals surface area contributed by atoms with E-state index in [2.05, 4.69) is 20.9 Å². The van der Waals surface area contributed by atoms with Crippen LogP contribution in [0.4, 0.5) is 0 Å². The van der Waals surface area contributed by atoms with Gasteiger partial charge in [-0.25, -0.2) is 4.98 Å². The van der Waals surface area contributed by atoms with Crippen LogP contribution in [-0.4, -0.2) is 9.55 Å². The number of hydrogen-bond donors (Lipinski definition) is 0. The highest BCUT2D eigenvalue weighted by Gasteiger charge is 2.08. The summed E-state index contributed by atoms with van der Waals surface area (Å²) in [5, 5.41) is 0.249. The van der Waals surface area contributed by atoms with Crippen molar-refractivity contribution in [3.8, 4) is 0 Å². The zero-order chi connectivity index (χ0) is 12.4. The molecule has 1 heterocycles. The van der Waals surface area contributed by atoms with Crippen LogP contribution < -0.4 is 5.56 Å². The minimum atomic E-state index is -0.124. The molecule has 0 amide bonds. The van der Waals surface area contributed by atoms with Crippen LogP contribution in [0.5, 0.6) is 0 Å². The van der Waals surface area contributed by atoms with Gasteiger partial charge < -0.3 is 0 Å². The zero-order valence-electron chi connectivity index (χ0n) is 8.53. The minimum Gasteiger partial charge on any atom is -0.294 e. The van der Waals surface area contributed by atoms with Crippen molar-refractivity contribution in [2.45, 2.75) is 6.54 Å². The quantitative estimate of drug-likeness (QED) is 0.547. The van der Waals surface area contributed by atoms with Gasteiger partial charge in [0.1, 0.15) is 8.72 Å². The first-order valence-corrected chi connectivity index (χ1v) is 6.98. The third kappa shape index (κ3) is 2.89. The molecule has 88 valence electrons. The van der Waals surface area contributed by atoms with Gasteiger partial charge in [-0.15, -0.1) is 0 Å². The molecule has 0 bridgehead atoms. The van der Waals surface area contributed by atoms with Crippen molar-refractivity contribution in [1.82, 2.24) is 9.55 Å². The van der Waals surface area contributed by atoms with Crippen molar-refractivity contribution < 1.29 is 0 Å². The van der Waals surface area contributed by atoms with Crippen LogP contribution in [0.25, 0.3) is 0 Å². The number of halogens is 3. The standard InChI is InChI=1S/C11H7BrClIN2O/c12-8-4-2-1-3-7(8)5-16-6-15-10(13)9(14)11(16)17/h1-4,6H,5H2. The van der Waals surface area contributed by atoms with Gasteiger partial charge in [0.15, 0.2) is 0 Å². The Morgan fingerprint density at radius 1 is 1.41 bits per heavy atom. The maximum atomic E-state index is 11.9. The molecule has 0 fully saturated rings. The smallest absolute Gasteiger partial charge is 0.268 e. The van der Waals surface area contributed by atoms with Crippen LogP contribution >= 0.6 is 50.1 Å². The summed E-state index contributed by atoms with van der Waals surface area (Å²) in [5.41, 5.74) is 0.899. The first-order chi connectivity index (χ1) is 8.09. The molecule has 0 aliphatic heterocycles. The van der Waals surface area contributed by atoms with E-state index in [1.807, 2.05) is 46.9 Å². The maximum Gasteiger partial charge on any atom is 0.268 e. The van der Waals surface area contributed by atoms with Gasteiger partial charge in [0.2, 0.25) is 0 Å². The van der Waals surface area contributed by atoms with E-state index < -0.39 is 0 Å². The van der Waals surface area contributed by atoms with E-state index in [1.165, 1.54) is 10.9 Å². The normalized spacial score (nSPS) is 10.5. The molecule has 0 saturated heterocycles. The molecule has 1 aromatic carbocycles. The predicted molar refractivity (Wildman–Crippen MR) is 79.5 cm³/mol. The summed E-state index contributed by atoms with van der Waals surface area (Å²) in [5.74, 6) is 0. The van der Waals surface area contributed by atoms with Crippen LogP contribution in [0, 0.1) is 3.57 Å². The van der Waals surface area contributed by atoms with Gasteiger partial charge in [0.25, 0.3) is 5.56 Å². The molecule has 2 rings (SSSR count). The number of aromatic nitrogens is 2. The topological polar surface area (TPSA) is 34.9 Å². The van der Waals surface area contributed by atoms with Gasteiger partial charge in [0, 0.05) is 4.47 Å². The Morgan fingerprint density at radius 2 is 2.12 bits per heavy atom. The molecule has 0 aliphatic rings. The second-order valence-electron chi connectivity index (χ2n) is 3.37. The number of hydrogen-bond acceptors (Lipinski definition) is 2. The van der Waals surface area contributed by atoms with Crippen molar-refractivity contribution >= 4 is 50.1 Å². The molecule has 0 atom stereocenters. The van der Waals surface area contributed by atoms with Crippen molar-refractivity contribution in [3.05, 3.63) is 59.7 Å². The molecule has 0 aliphatic carbocycles. The van der Waals surface area contributed by atoms with E-state index in [-0.39, 0.29) is 10.7 Å². The van der Waals surface area contributed by atoms with Crippen molar-refractivity contribution in [2.24, 2.45) is 0 Å². The summed E-state index contributed by atoms with van der Waals surface area (Å²) < 4.78 is 2.95. The molecule has 0 saturated carbocycles. The lowest BCUT2D eigenvalue weighted by Gasteiger charge is -2.07. The number of benzene rings is 1. The Kier molecular flexibility index (Phi) is 4.22. The Bertz CT molecular complexity index is 615. The highest BCUT2D eigenvalue weighted by Crippen LogP contribution is 2.17. The van der Waals surface area contributed by atoms with E-state index >= 15 is 0 Å². The zero-order valence-corrected chi connectivity index (χ0v) is 13.0. The summed E-state index contributed by atoms with van der Waals surface area (Å²) in [6, 6.07) is 7.76. The van der Waals surface area contributed by atoms with Crippen LogP contribution in [-0.2, 0) is 6.54 Å². The summed E-state index contributed by atoms with van der Waals surface area (Å²) in [7, 11) is 0. The first-order valence-electron chi connectivity index (χ1n) is 4.73. The third-order valence-corrected chi connectivity index (χ3v) is 4.59. The Morgan fingerprint density at radius 3 is 2.82 bits per heavy atom. The monoisotopic (exact) mass is 424 g/mol. The molecule has 0 radical (unpaired) electrons. The van der Waals surface area contributed by atoms with Crippen molar-refractivity contribution in [1.29, 1.82) is 0 Å². The molecule has 1 aromatic heterocycles. The molecule has 3 nitrogen and oxygen atoms in total. The molecule has 0 N–H and O–H groups in total. The predicted octanol–water partition coefficient (Wildman–Crippen LogP) is 3.31. The largest absolute Gasteiger partial charge is 0.294 e. The molecule has 2 aromatic rings. The Hall–Kier alpha value is -0.400. The van der Waals surface area contributed by atoms with Crippen LogP contribution in [0.2, 0.25) is 5.15 Å². The first kappa shape index (κ1) is 13.0. The minimum absolute atomic E-state index is 0.124. The average molecular weight is 425 g/mol. The summed E-state index contributed by atoms with van der Waals surface area (Å²) in [6.07, 6.45) is 1.46.